The fourth-order valence-electron chi connectivity index (χ4n) is 2.27. The molecule has 1 heterocycles. The van der Waals surface area contributed by atoms with E-state index in [1.54, 1.807) is 4.90 Å². The largest absolute Gasteiger partial charge is 0.481 e. The molecule has 1 aliphatic heterocycles. The average molecular weight is 287 g/mol. The summed E-state index contributed by atoms with van der Waals surface area (Å²) < 4.78 is 4.51. The van der Waals surface area contributed by atoms with E-state index in [4.69, 9.17) is 10.8 Å². The van der Waals surface area contributed by atoms with Crippen molar-refractivity contribution in [1.29, 1.82) is 0 Å². The third-order valence-corrected chi connectivity index (χ3v) is 3.20. The van der Waals surface area contributed by atoms with Crippen LogP contribution in [0.1, 0.15) is 32.1 Å². The Hall–Kier alpha value is -1.99. The third kappa shape index (κ3) is 5.77. The molecule has 114 valence electrons. The zero-order valence-corrected chi connectivity index (χ0v) is 11.3. The summed E-state index contributed by atoms with van der Waals surface area (Å²) in [5.74, 6) is -0.856. The molecule has 0 aromatic carbocycles. The number of primary amides is 1. The van der Waals surface area contributed by atoms with E-state index in [9.17, 15) is 14.4 Å². The quantitative estimate of drug-likeness (QED) is 0.614. The van der Waals surface area contributed by atoms with Crippen LogP contribution in [-0.4, -0.2) is 53.8 Å². The molecule has 1 fully saturated rings. The number of rotatable bonds is 6. The maximum Gasteiger partial charge on any atom is 0.404 e. The van der Waals surface area contributed by atoms with Gasteiger partial charge in [-0.25, -0.2) is 9.59 Å². The van der Waals surface area contributed by atoms with E-state index in [0.29, 0.717) is 13.0 Å². The summed E-state index contributed by atoms with van der Waals surface area (Å²) in [4.78, 5) is 34.6. The standard InChI is InChI=1S/C12H21N3O5/c13-11(18)20-8-6-14-12(19)15-7-2-1-3-9(15)4-5-10(16)17/h9H,1-8H2,(H2,13,18)(H,14,19)(H,16,17). The van der Waals surface area contributed by atoms with Crippen LogP contribution in [0.3, 0.4) is 0 Å². The molecule has 8 heteroatoms. The second-order valence-corrected chi connectivity index (χ2v) is 4.67. The molecule has 1 aliphatic rings. The van der Waals surface area contributed by atoms with Crippen molar-refractivity contribution in [3.63, 3.8) is 0 Å². The van der Waals surface area contributed by atoms with E-state index >= 15 is 0 Å². The molecule has 1 rings (SSSR count). The van der Waals surface area contributed by atoms with Crippen molar-refractivity contribution in [2.75, 3.05) is 19.7 Å². The van der Waals surface area contributed by atoms with Gasteiger partial charge >= 0.3 is 18.1 Å². The SMILES string of the molecule is NC(=O)OCCNC(=O)N1CCCCC1CCC(=O)O. The molecule has 0 aromatic heterocycles. The molecular weight excluding hydrogens is 266 g/mol. The van der Waals surface area contributed by atoms with Gasteiger partial charge in [-0.15, -0.1) is 0 Å². The predicted octanol–water partition coefficient (Wildman–Crippen LogP) is 0.511. The monoisotopic (exact) mass is 287 g/mol. The highest BCUT2D eigenvalue weighted by atomic mass is 16.5. The summed E-state index contributed by atoms with van der Waals surface area (Å²) in [6.45, 7) is 0.825. The van der Waals surface area contributed by atoms with Crippen molar-refractivity contribution in [3.8, 4) is 0 Å². The topological polar surface area (TPSA) is 122 Å². The van der Waals surface area contributed by atoms with Gasteiger partial charge in [0, 0.05) is 19.0 Å². The lowest BCUT2D eigenvalue weighted by atomic mass is 9.98. The van der Waals surface area contributed by atoms with E-state index in [-0.39, 0.29) is 31.6 Å². The van der Waals surface area contributed by atoms with Gasteiger partial charge in [-0.1, -0.05) is 0 Å². The number of aliphatic carboxylic acids is 1. The molecule has 0 aliphatic carbocycles. The molecular formula is C12H21N3O5. The van der Waals surface area contributed by atoms with Crippen molar-refractivity contribution in [2.24, 2.45) is 5.73 Å². The number of piperidine rings is 1. The van der Waals surface area contributed by atoms with Gasteiger partial charge < -0.3 is 25.8 Å². The third-order valence-electron chi connectivity index (χ3n) is 3.20. The number of nitrogens with zero attached hydrogens (tertiary/aromatic N) is 1. The van der Waals surface area contributed by atoms with Crippen molar-refractivity contribution < 1.29 is 24.2 Å². The number of carboxylic acids is 1. The van der Waals surface area contributed by atoms with Crippen molar-refractivity contribution >= 4 is 18.1 Å². The number of hydrogen-bond donors (Lipinski definition) is 3. The average Bonchev–Trinajstić information content (AvgIpc) is 2.41. The second kappa shape index (κ2) is 8.23. The Kier molecular flexibility index (Phi) is 6.61. The minimum atomic E-state index is -0.878. The van der Waals surface area contributed by atoms with Crippen LogP contribution in [0.2, 0.25) is 0 Å². The number of carbonyl (C=O) groups excluding carboxylic acids is 2. The van der Waals surface area contributed by atoms with E-state index in [1.807, 2.05) is 0 Å². The van der Waals surface area contributed by atoms with E-state index < -0.39 is 12.1 Å². The lowest BCUT2D eigenvalue weighted by Crippen LogP contribution is -2.49. The first-order chi connectivity index (χ1) is 9.50. The van der Waals surface area contributed by atoms with Crippen LogP contribution in [-0.2, 0) is 9.53 Å². The molecule has 0 spiro atoms. The van der Waals surface area contributed by atoms with Gasteiger partial charge in [-0.3, -0.25) is 4.79 Å². The molecule has 4 N–H and O–H groups in total. The summed E-state index contributed by atoms with van der Waals surface area (Å²) in [7, 11) is 0. The van der Waals surface area contributed by atoms with Gasteiger partial charge in [-0.2, -0.15) is 0 Å². The summed E-state index contributed by atoms with van der Waals surface area (Å²) in [5.41, 5.74) is 4.80. The number of amides is 3. The number of carbonyl (C=O) groups is 3. The van der Waals surface area contributed by atoms with Crippen molar-refractivity contribution in [3.05, 3.63) is 0 Å². The number of nitrogens with one attached hydrogen (secondary N) is 1. The fourth-order valence-corrected chi connectivity index (χ4v) is 2.27. The van der Waals surface area contributed by atoms with Crippen LogP contribution in [0.15, 0.2) is 0 Å². The van der Waals surface area contributed by atoms with Crippen LogP contribution in [0.5, 0.6) is 0 Å². The van der Waals surface area contributed by atoms with Gasteiger partial charge in [0.25, 0.3) is 0 Å². The lowest BCUT2D eigenvalue weighted by Gasteiger charge is -2.35. The molecule has 0 saturated carbocycles. The Balaban J connectivity index is 2.37. The summed E-state index contributed by atoms with van der Waals surface area (Å²) >= 11 is 0. The zero-order valence-electron chi connectivity index (χ0n) is 11.3. The highest BCUT2D eigenvalue weighted by molar-refractivity contribution is 5.75. The van der Waals surface area contributed by atoms with Crippen LogP contribution in [0.4, 0.5) is 9.59 Å². The predicted molar refractivity (Wildman–Crippen MR) is 70.1 cm³/mol. The van der Waals surface area contributed by atoms with Crippen molar-refractivity contribution in [2.45, 2.75) is 38.1 Å². The maximum atomic E-state index is 12.0. The molecule has 0 bridgehead atoms. The Morgan fingerprint density at radius 1 is 1.35 bits per heavy atom. The molecule has 0 aromatic rings. The molecule has 1 unspecified atom stereocenters. The summed E-state index contributed by atoms with van der Waals surface area (Å²) in [5, 5.41) is 11.3. The van der Waals surface area contributed by atoms with E-state index in [1.165, 1.54) is 0 Å². The summed E-state index contributed by atoms with van der Waals surface area (Å²) in [6, 6.07) is -0.301. The number of carboxylic acid groups (broad SMARTS) is 1. The van der Waals surface area contributed by atoms with Crippen LogP contribution < -0.4 is 11.1 Å². The lowest BCUT2D eigenvalue weighted by molar-refractivity contribution is -0.137. The number of hydrogen-bond acceptors (Lipinski definition) is 4. The molecule has 3 amide bonds. The highest BCUT2D eigenvalue weighted by Gasteiger charge is 2.26. The van der Waals surface area contributed by atoms with Crippen LogP contribution >= 0.6 is 0 Å². The van der Waals surface area contributed by atoms with Gasteiger partial charge in [-0.05, 0) is 25.7 Å². The van der Waals surface area contributed by atoms with E-state index in [2.05, 4.69) is 10.1 Å². The molecule has 1 atom stereocenters. The number of urea groups is 1. The van der Waals surface area contributed by atoms with Gasteiger partial charge in [0.05, 0.1) is 6.54 Å². The minimum Gasteiger partial charge on any atom is -0.481 e. The highest BCUT2D eigenvalue weighted by Crippen LogP contribution is 2.20. The van der Waals surface area contributed by atoms with Gasteiger partial charge in [0.1, 0.15) is 6.61 Å². The maximum absolute atomic E-state index is 12.0. The number of ether oxygens (including phenoxy) is 1. The Morgan fingerprint density at radius 2 is 2.10 bits per heavy atom. The fraction of sp³-hybridized carbons (Fsp3) is 0.750. The molecule has 0 radical (unpaired) electrons. The Labute approximate surface area is 117 Å². The number of nitrogens with two attached hydrogens (primary N) is 1. The normalized spacial score (nSPS) is 18.4. The van der Waals surface area contributed by atoms with Gasteiger partial charge in [0.15, 0.2) is 0 Å². The molecule has 1 saturated heterocycles. The first-order valence-electron chi connectivity index (χ1n) is 6.69. The first-order valence-corrected chi connectivity index (χ1v) is 6.69. The Morgan fingerprint density at radius 3 is 2.75 bits per heavy atom. The smallest absolute Gasteiger partial charge is 0.404 e. The number of likely N-dealkylation sites (tertiary alicyclic amines) is 1. The van der Waals surface area contributed by atoms with E-state index in [0.717, 1.165) is 19.3 Å². The van der Waals surface area contributed by atoms with Crippen LogP contribution in [0.25, 0.3) is 0 Å². The van der Waals surface area contributed by atoms with Crippen LogP contribution in [0, 0.1) is 0 Å². The van der Waals surface area contributed by atoms with Gasteiger partial charge in [0.2, 0.25) is 0 Å². The minimum absolute atomic E-state index is 0.0225. The molecule has 8 nitrogen and oxygen atoms in total. The first kappa shape index (κ1) is 16.1. The second-order valence-electron chi connectivity index (χ2n) is 4.67. The Bertz CT molecular complexity index is 361. The zero-order chi connectivity index (χ0) is 15.0. The molecule has 20 heavy (non-hydrogen) atoms. The van der Waals surface area contributed by atoms with Crippen molar-refractivity contribution in [1.82, 2.24) is 10.2 Å². The summed E-state index contributed by atoms with van der Waals surface area (Å²) in [6.07, 6.45) is 2.36.